The molecule has 0 aliphatic rings. The average molecular weight is 282 g/mol. The van der Waals surface area contributed by atoms with E-state index in [1.807, 2.05) is 0 Å². The van der Waals surface area contributed by atoms with Crippen LogP contribution >= 0.6 is 0 Å². The summed E-state index contributed by atoms with van der Waals surface area (Å²) in [5, 5.41) is 11.4. The fourth-order valence-corrected chi connectivity index (χ4v) is 1.59. The summed E-state index contributed by atoms with van der Waals surface area (Å²) in [6, 6.07) is -1.09. The van der Waals surface area contributed by atoms with Gasteiger partial charge in [0.15, 0.2) is 0 Å². The molecule has 1 rings (SSSR count). The zero-order chi connectivity index (χ0) is 15.1. The van der Waals surface area contributed by atoms with E-state index in [1.165, 1.54) is 17.1 Å². The van der Waals surface area contributed by atoms with E-state index in [4.69, 9.17) is 10.8 Å². The molecule has 0 saturated carbocycles. The van der Waals surface area contributed by atoms with E-state index >= 15 is 0 Å². The molecule has 0 fully saturated rings. The third-order valence-electron chi connectivity index (χ3n) is 2.64. The van der Waals surface area contributed by atoms with Crippen LogP contribution in [0.4, 0.5) is 0 Å². The van der Waals surface area contributed by atoms with Crippen molar-refractivity contribution in [2.24, 2.45) is 5.73 Å². The van der Waals surface area contributed by atoms with Gasteiger partial charge in [-0.2, -0.15) is 0 Å². The molecule has 1 amide bonds. The molecule has 1 aromatic heterocycles. The Morgan fingerprint density at radius 1 is 1.50 bits per heavy atom. The SMILES string of the molecule is CCC(=O)n1cnc(CC(NC(=O)CCN)C(=O)O)c1. The molecule has 0 aliphatic carbocycles. The molecule has 1 atom stereocenters. The van der Waals surface area contributed by atoms with Crippen molar-refractivity contribution in [3.63, 3.8) is 0 Å². The molecule has 0 bridgehead atoms. The number of aromatic nitrogens is 2. The summed E-state index contributed by atoms with van der Waals surface area (Å²) in [6.07, 6.45) is 3.20. The standard InChI is InChI=1S/C12H18N4O4/c1-2-11(18)16-6-8(14-7-16)5-9(12(19)20)15-10(17)3-4-13/h6-7,9H,2-5,13H2,1H3,(H,15,17)(H,19,20). The number of hydrogen-bond acceptors (Lipinski definition) is 5. The first-order valence-corrected chi connectivity index (χ1v) is 6.26. The number of nitrogens with zero attached hydrogens (tertiary/aromatic N) is 2. The lowest BCUT2D eigenvalue weighted by Gasteiger charge is -2.12. The van der Waals surface area contributed by atoms with E-state index in [0.717, 1.165) is 0 Å². The van der Waals surface area contributed by atoms with Crippen molar-refractivity contribution in [3.8, 4) is 0 Å². The van der Waals surface area contributed by atoms with Crippen molar-refractivity contribution in [2.75, 3.05) is 6.54 Å². The van der Waals surface area contributed by atoms with Crippen LogP contribution in [0.5, 0.6) is 0 Å². The fraction of sp³-hybridized carbons (Fsp3) is 0.500. The van der Waals surface area contributed by atoms with Gasteiger partial charge in [0.2, 0.25) is 11.8 Å². The highest BCUT2D eigenvalue weighted by atomic mass is 16.4. The number of carbonyl (C=O) groups is 3. The Labute approximate surface area is 116 Å². The molecule has 1 unspecified atom stereocenters. The molecule has 0 saturated heterocycles. The summed E-state index contributed by atoms with van der Waals surface area (Å²) in [5.74, 6) is -1.72. The van der Waals surface area contributed by atoms with Crippen LogP contribution in [0.3, 0.4) is 0 Å². The number of nitrogens with one attached hydrogen (secondary N) is 1. The van der Waals surface area contributed by atoms with E-state index in [1.54, 1.807) is 6.92 Å². The minimum Gasteiger partial charge on any atom is -0.480 e. The predicted molar refractivity (Wildman–Crippen MR) is 70.1 cm³/mol. The Morgan fingerprint density at radius 2 is 2.20 bits per heavy atom. The lowest BCUT2D eigenvalue weighted by molar-refractivity contribution is -0.141. The van der Waals surface area contributed by atoms with Gasteiger partial charge in [-0.05, 0) is 0 Å². The first-order valence-electron chi connectivity index (χ1n) is 6.26. The van der Waals surface area contributed by atoms with E-state index in [9.17, 15) is 14.4 Å². The molecule has 0 aliphatic heterocycles. The van der Waals surface area contributed by atoms with Crippen LogP contribution in [-0.2, 0) is 16.0 Å². The Balaban J connectivity index is 2.70. The molecule has 110 valence electrons. The van der Waals surface area contributed by atoms with E-state index in [-0.39, 0.29) is 25.3 Å². The molecule has 8 heteroatoms. The number of carboxylic acid groups (broad SMARTS) is 1. The highest BCUT2D eigenvalue weighted by Gasteiger charge is 2.21. The number of carbonyl (C=O) groups excluding carboxylic acids is 2. The normalized spacial score (nSPS) is 11.9. The molecular formula is C12H18N4O4. The van der Waals surface area contributed by atoms with Crippen LogP contribution in [0, 0.1) is 0 Å². The number of amides is 1. The molecule has 1 heterocycles. The van der Waals surface area contributed by atoms with Crippen molar-refractivity contribution < 1.29 is 19.5 Å². The summed E-state index contributed by atoms with van der Waals surface area (Å²) in [7, 11) is 0. The molecular weight excluding hydrogens is 264 g/mol. The number of rotatable bonds is 7. The van der Waals surface area contributed by atoms with Crippen molar-refractivity contribution in [1.29, 1.82) is 0 Å². The minimum atomic E-state index is -1.16. The average Bonchev–Trinajstić information content (AvgIpc) is 2.85. The van der Waals surface area contributed by atoms with Crippen LogP contribution in [-0.4, -0.2) is 45.0 Å². The molecule has 4 N–H and O–H groups in total. The summed E-state index contributed by atoms with van der Waals surface area (Å²) in [4.78, 5) is 37.9. The third-order valence-corrected chi connectivity index (χ3v) is 2.64. The zero-order valence-electron chi connectivity index (χ0n) is 11.2. The molecule has 0 spiro atoms. The maximum absolute atomic E-state index is 11.4. The molecule has 0 radical (unpaired) electrons. The number of imidazole rings is 1. The van der Waals surface area contributed by atoms with Gasteiger partial charge >= 0.3 is 5.97 Å². The number of nitrogens with two attached hydrogens (primary N) is 1. The maximum atomic E-state index is 11.4. The summed E-state index contributed by atoms with van der Waals surface area (Å²) in [5.41, 5.74) is 5.65. The monoisotopic (exact) mass is 282 g/mol. The van der Waals surface area contributed by atoms with Crippen molar-refractivity contribution >= 4 is 17.8 Å². The van der Waals surface area contributed by atoms with Crippen LogP contribution in [0.25, 0.3) is 0 Å². The fourth-order valence-electron chi connectivity index (χ4n) is 1.59. The van der Waals surface area contributed by atoms with Gasteiger partial charge in [0.25, 0.3) is 0 Å². The molecule has 1 aromatic rings. The predicted octanol–water partition coefficient (Wildman–Crippen LogP) is -0.606. The van der Waals surface area contributed by atoms with E-state index in [2.05, 4.69) is 10.3 Å². The van der Waals surface area contributed by atoms with Crippen LogP contribution in [0.2, 0.25) is 0 Å². The highest BCUT2D eigenvalue weighted by molar-refractivity contribution is 5.83. The van der Waals surface area contributed by atoms with Gasteiger partial charge in [0.1, 0.15) is 12.4 Å². The second kappa shape index (κ2) is 7.39. The lowest BCUT2D eigenvalue weighted by Crippen LogP contribution is -2.42. The van der Waals surface area contributed by atoms with E-state index < -0.39 is 17.9 Å². The smallest absolute Gasteiger partial charge is 0.326 e. The minimum absolute atomic E-state index is 0.00956. The lowest BCUT2D eigenvalue weighted by atomic mass is 10.1. The van der Waals surface area contributed by atoms with Gasteiger partial charge in [-0.1, -0.05) is 6.92 Å². The van der Waals surface area contributed by atoms with Crippen molar-refractivity contribution in [2.45, 2.75) is 32.2 Å². The first-order chi connectivity index (χ1) is 9.47. The highest BCUT2D eigenvalue weighted by Crippen LogP contribution is 2.03. The quantitative estimate of drug-likeness (QED) is 0.612. The van der Waals surface area contributed by atoms with Gasteiger partial charge in [0.05, 0.1) is 5.69 Å². The van der Waals surface area contributed by atoms with Gasteiger partial charge in [-0.25, -0.2) is 9.78 Å². The van der Waals surface area contributed by atoms with Gasteiger partial charge < -0.3 is 16.2 Å². The summed E-state index contributed by atoms with van der Waals surface area (Å²) in [6.45, 7) is 1.87. The topological polar surface area (TPSA) is 127 Å². The molecule has 8 nitrogen and oxygen atoms in total. The van der Waals surface area contributed by atoms with Gasteiger partial charge in [-0.15, -0.1) is 0 Å². The van der Waals surface area contributed by atoms with Crippen molar-refractivity contribution in [3.05, 3.63) is 18.2 Å². The maximum Gasteiger partial charge on any atom is 0.326 e. The molecule has 0 aromatic carbocycles. The number of hydrogen-bond donors (Lipinski definition) is 3. The summed E-state index contributed by atoms with van der Waals surface area (Å²) >= 11 is 0. The number of carboxylic acids is 1. The Kier molecular flexibility index (Phi) is 5.85. The van der Waals surface area contributed by atoms with Crippen LogP contribution < -0.4 is 11.1 Å². The molecule has 20 heavy (non-hydrogen) atoms. The summed E-state index contributed by atoms with van der Waals surface area (Å²) < 4.78 is 1.30. The van der Waals surface area contributed by atoms with Crippen LogP contribution in [0.15, 0.2) is 12.5 Å². The zero-order valence-corrected chi connectivity index (χ0v) is 11.2. The number of aliphatic carboxylic acids is 1. The third kappa shape index (κ3) is 4.47. The van der Waals surface area contributed by atoms with E-state index in [0.29, 0.717) is 12.1 Å². The second-order valence-electron chi connectivity index (χ2n) is 4.22. The first kappa shape index (κ1) is 15.8. The Bertz CT molecular complexity index is 497. The van der Waals surface area contributed by atoms with Gasteiger partial charge in [0, 0.05) is 32.0 Å². The van der Waals surface area contributed by atoms with Crippen molar-refractivity contribution in [1.82, 2.24) is 14.9 Å². The van der Waals surface area contributed by atoms with Gasteiger partial charge in [-0.3, -0.25) is 14.2 Å². The Morgan fingerprint density at radius 3 is 2.75 bits per heavy atom. The second-order valence-corrected chi connectivity index (χ2v) is 4.22. The van der Waals surface area contributed by atoms with Crippen LogP contribution in [0.1, 0.15) is 30.3 Å². The largest absolute Gasteiger partial charge is 0.480 e. The Hall–Kier alpha value is -2.22.